The molecule has 0 unspecified atom stereocenters. The number of anilines is 1. The molecule has 2 rings (SSSR count). The summed E-state index contributed by atoms with van der Waals surface area (Å²) >= 11 is 0. The largest absolute Gasteiger partial charge is 0.494 e. The molecule has 1 amide bonds. The lowest BCUT2D eigenvalue weighted by atomic mass is 9.87. The number of carbonyl (C=O) groups is 1. The molecule has 0 aliphatic carbocycles. The minimum absolute atomic E-state index is 0.0327. The summed E-state index contributed by atoms with van der Waals surface area (Å²) in [7, 11) is 0. The number of ether oxygens (including phenoxy) is 2. The van der Waals surface area contributed by atoms with Gasteiger partial charge in [-0.15, -0.1) is 0 Å². The molecule has 0 aromatic heterocycles. The highest BCUT2D eigenvalue weighted by molar-refractivity contribution is 5.91. The lowest BCUT2D eigenvalue weighted by Gasteiger charge is -2.19. The van der Waals surface area contributed by atoms with Crippen LogP contribution in [0.5, 0.6) is 11.5 Å². The van der Waals surface area contributed by atoms with Crippen molar-refractivity contribution in [2.75, 3.05) is 18.5 Å². The topological polar surface area (TPSA) is 47.6 Å². The van der Waals surface area contributed by atoms with Crippen molar-refractivity contribution >= 4 is 11.6 Å². The Bertz CT molecular complexity index is 655. The molecule has 1 N–H and O–H groups in total. The van der Waals surface area contributed by atoms with Crippen LogP contribution in [0.25, 0.3) is 0 Å². The zero-order chi connectivity index (χ0) is 17.6. The van der Waals surface area contributed by atoms with Crippen LogP contribution in [-0.2, 0) is 10.2 Å². The minimum Gasteiger partial charge on any atom is -0.494 e. The van der Waals surface area contributed by atoms with Gasteiger partial charge in [0.15, 0.2) is 6.61 Å². The van der Waals surface area contributed by atoms with E-state index in [1.165, 1.54) is 5.56 Å². The lowest BCUT2D eigenvalue weighted by molar-refractivity contribution is -0.118. The van der Waals surface area contributed by atoms with E-state index in [-0.39, 0.29) is 17.9 Å². The van der Waals surface area contributed by atoms with E-state index >= 15 is 0 Å². The van der Waals surface area contributed by atoms with Crippen LogP contribution in [0.2, 0.25) is 0 Å². The van der Waals surface area contributed by atoms with E-state index in [4.69, 9.17) is 9.47 Å². The van der Waals surface area contributed by atoms with Crippen molar-refractivity contribution in [2.45, 2.75) is 33.1 Å². The van der Waals surface area contributed by atoms with Crippen LogP contribution in [0.4, 0.5) is 5.69 Å². The highest BCUT2D eigenvalue weighted by atomic mass is 16.5. The van der Waals surface area contributed by atoms with E-state index < -0.39 is 0 Å². The first-order valence-corrected chi connectivity index (χ1v) is 8.14. The fourth-order valence-corrected chi connectivity index (χ4v) is 2.20. The molecule has 0 fully saturated rings. The van der Waals surface area contributed by atoms with Crippen LogP contribution in [0.1, 0.15) is 33.3 Å². The standard InChI is InChI=1S/C20H25NO3/c1-5-23-17-10-12-18(13-11-17)24-14-19(22)21-16-8-6-15(7-9-16)20(2,3)4/h6-13H,5,14H2,1-4H3,(H,21,22). The Morgan fingerprint density at radius 3 is 1.96 bits per heavy atom. The second-order valence-corrected chi connectivity index (χ2v) is 6.57. The number of amides is 1. The summed E-state index contributed by atoms with van der Waals surface area (Å²) in [5.74, 6) is 1.23. The number of rotatable bonds is 6. The van der Waals surface area contributed by atoms with Gasteiger partial charge in [0.05, 0.1) is 6.61 Å². The number of benzene rings is 2. The maximum Gasteiger partial charge on any atom is 0.262 e. The third kappa shape index (κ3) is 5.30. The van der Waals surface area contributed by atoms with Crippen molar-refractivity contribution < 1.29 is 14.3 Å². The average Bonchev–Trinajstić information content (AvgIpc) is 2.54. The van der Waals surface area contributed by atoms with E-state index in [9.17, 15) is 4.79 Å². The summed E-state index contributed by atoms with van der Waals surface area (Å²) in [5.41, 5.74) is 2.09. The van der Waals surface area contributed by atoms with Gasteiger partial charge in [-0.1, -0.05) is 32.9 Å². The Kier molecular flexibility index (Phi) is 5.85. The quantitative estimate of drug-likeness (QED) is 0.855. The number of hydrogen-bond acceptors (Lipinski definition) is 3. The van der Waals surface area contributed by atoms with Gasteiger partial charge in [0.1, 0.15) is 11.5 Å². The predicted molar refractivity (Wildman–Crippen MR) is 96.9 cm³/mol. The first-order chi connectivity index (χ1) is 11.4. The zero-order valence-electron chi connectivity index (χ0n) is 14.8. The maximum atomic E-state index is 12.0. The average molecular weight is 327 g/mol. The molecule has 0 radical (unpaired) electrons. The van der Waals surface area contributed by atoms with Gasteiger partial charge in [-0.05, 0) is 54.3 Å². The molecule has 128 valence electrons. The molecule has 2 aromatic carbocycles. The van der Waals surface area contributed by atoms with E-state index in [1.54, 1.807) is 12.1 Å². The molecule has 0 aliphatic rings. The van der Waals surface area contributed by atoms with Crippen molar-refractivity contribution in [2.24, 2.45) is 0 Å². The van der Waals surface area contributed by atoms with Crippen LogP contribution in [0.15, 0.2) is 48.5 Å². The van der Waals surface area contributed by atoms with E-state index in [2.05, 4.69) is 26.1 Å². The molecular weight excluding hydrogens is 302 g/mol. The second-order valence-electron chi connectivity index (χ2n) is 6.57. The second kappa shape index (κ2) is 7.86. The van der Waals surface area contributed by atoms with Crippen LogP contribution >= 0.6 is 0 Å². The smallest absolute Gasteiger partial charge is 0.262 e. The molecule has 4 nitrogen and oxygen atoms in total. The summed E-state index contributed by atoms with van der Waals surface area (Å²) in [6, 6.07) is 15.1. The van der Waals surface area contributed by atoms with Crippen molar-refractivity contribution in [1.82, 2.24) is 0 Å². The van der Waals surface area contributed by atoms with E-state index in [1.807, 2.05) is 43.3 Å². The Labute approximate surface area is 143 Å². The molecule has 4 heteroatoms. The number of nitrogens with one attached hydrogen (secondary N) is 1. The summed E-state index contributed by atoms with van der Waals surface area (Å²) in [6.45, 7) is 9.00. The van der Waals surface area contributed by atoms with Crippen molar-refractivity contribution in [3.63, 3.8) is 0 Å². The third-order valence-corrected chi connectivity index (χ3v) is 3.54. The van der Waals surface area contributed by atoms with Crippen molar-refractivity contribution in [1.29, 1.82) is 0 Å². The zero-order valence-corrected chi connectivity index (χ0v) is 14.8. The van der Waals surface area contributed by atoms with Gasteiger partial charge >= 0.3 is 0 Å². The lowest BCUT2D eigenvalue weighted by Crippen LogP contribution is -2.20. The molecule has 0 aliphatic heterocycles. The van der Waals surface area contributed by atoms with Crippen molar-refractivity contribution in [3.05, 3.63) is 54.1 Å². The van der Waals surface area contributed by atoms with Gasteiger partial charge in [-0.2, -0.15) is 0 Å². The van der Waals surface area contributed by atoms with Gasteiger partial charge < -0.3 is 14.8 Å². The van der Waals surface area contributed by atoms with Crippen LogP contribution in [0.3, 0.4) is 0 Å². The third-order valence-electron chi connectivity index (χ3n) is 3.54. The molecule has 24 heavy (non-hydrogen) atoms. The summed E-state index contributed by atoms with van der Waals surface area (Å²) in [4.78, 5) is 12.0. The highest BCUT2D eigenvalue weighted by Gasteiger charge is 2.13. The number of carbonyl (C=O) groups excluding carboxylic acids is 1. The molecule has 0 heterocycles. The SMILES string of the molecule is CCOc1ccc(OCC(=O)Nc2ccc(C(C)(C)C)cc2)cc1. The number of hydrogen-bond donors (Lipinski definition) is 1. The molecular formula is C20H25NO3. The summed E-state index contributed by atoms with van der Waals surface area (Å²) in [5, 5.41) is 2.83. The van der Waals surface area contributed by atoms with Crippen molar-refractivity contribution in [3.8, 4) is 11.5 Å². The van der Waals surface area contributed by atoms with Crippen LogP contribution in [0, 0.1) is 0 Å². The summed E-state index contributed by atoms with van der Waals surface area (Å²) < 4.78 is 10.8. The summed E-state index contributed by atoms with van der Waals surface area (Å²) in [6.07, 6.45) is 0. The normalized spacial score (nSPS) is 11.0. The van der Waals surface area contributed by atoms with E-state index in [0.717, 1.165) is 11.4 Å². The van der Waals surface area contributed by atoms with E-state index in [0.29, 0.717) is 12.4 Å². The Hall–Kier alpha value is -2.49. The molecule has 0 saturated carbocycles. The fraction of sp³-hybridized carbons (Fsp3) is 0.350. The monoisotopic (exact) mass is 327 g/mol. The molecule has 0 saturated heterocycles. The molecule has 0 atom stereocenters. The van der Waals surface area contributed by atoms with Gasteiger partial charge in [-0.3, -0.25) is 4.79 Å². The Morgan fingerprint density at radius 2 is 1.46 bits per heavy atom. The first kappa shape index (κ1) is 17.9. The predicted octanol–water partition coefficient (Wildman–Crippen LogP) is 4.40. The Morgan fingerprint density at radius 1 is 0.917 bits per heavy atom. The van der Waals surface area contributed by atoms with Gasteiger partial charge in [-0.25, -0.2) is 0 Å². The first-order valence-electron chi connectivity index (χ1n) is 8.14. The Balaban J connectivity index is 1.84. The minimum atomic E-state index is -0.188. The molecule has 0 spiro atoms. The van der Waals surface area contributed by atoms with Gasteiger partial charge in [0.2, 0.25) is 0 Å². The van der Waals surface area contributed by atoms with Crippen LogP contribution < -0.4 is 14.8 Å². The van der Waals surface area contributed by atoms with Gasteiger partial charge in [0, 0.05) is 5.69 Å². The highest BCUT2D eigenvalue weighted by Crippen LogP contribution is 2.23. The molecule has 2 aromatic rings. The maximum absolute atomic E-state index is 12.0. The van der Waals surface area contributed by atoms with Gasteiger partial charge in [0.25, 0.3) is 5.91 Å². The molecule has 0 bridgehead atoms. The van der Waals surface area contributed by atoms with Crippen LogP contribution in [-0.4, -0.2) is 19.1 Å². The fourth-order valence-electron chi connectivity index (χ4n) is 2.20.